The predicted molar refractivity (Wildman–Crippen MR) is 120 cm³/mol. The molecular weight excluding hydrogens is 426 g/mol. The van der Waals surface area contributed by atoms with Crippen LogP contribution >= 0.6 is 0 Å². The normalized spacial score (nSPS) is 28.5. The van der Waals surface area contributed by atoms with E-state index in [0.29, 0.717) is 12.2 Å². The van der Waals surface area contributed by atoms with Crippen LogP contribution in [0.2, 0.25) is 0 Å². The van der Waals surface area contributed by atoms with Crippen molar-refractivity contribution in [2.24, 2.45) is 5.41 Å². The minimum atomic E-state index is -1.52. The molecule has 3 fully saturated rings. The van der Waals surface area contributed by atoms with Gasteiger partial charge in [-0.1, -0.05) is 0 Å². The third kappa shape index (κ3) is 3.52. The number of amides is 6. The number of hydrogen-bond acceptors (Lipinski definition) is 6. The quantitative estimate of drug-likeness (QED) is 0.554. The highest BCUT2D eigenvalue weighted by Crippen LogP contribution is 2.47. The van der Waals surface area contributed by atoms with Crippen LogP contribution in [0.4, 0.5) is 21.0 Å². The van der Waals surface area contributed by atoms with E-state index in [1.165, 1.54) is 0 Å². The van der Waals surface area contributed by atoms with E-state index >= 15 is 0 Å². The van der Waals surface area contributed by atoms with Crippen LogP contribution in [0.25, 0.3) is 0 Å². The molecular formula is C23H29N5O5. The largest absolute Gasteiger partial charge is 0.372 e. The van der Waals surface area contributed by atoms with Crippen LogP contribution in [0.3, 0.4) is 0 Å². The zero-order valence-electron chi connectivity index (χ0n) is 18.8. The summed E-state index contributed by atoms with van der Waals surface area (Å²) in [7, 11) is 0. The molecule has 0 aromatic heterocycles. The Morgan fingerprint density at radius 2 is 1.79 bits per heavy atom. The van der Waals surface area contributed by atoms with Gasteiger partial charge >= 0.3 is 12.1 Å². The summed E-state index contributed by atoms with van der Waals surface area (Å²) in [6, 6.07) is 4.08. The number of barbiturate groups is 1. The summed E-state index contributed by atoms with van der Waals surface area (Å²) in [5.41, 5.74) is 0.764. The van der Waals surface area contributed by atoms with E-state index in [1.54, 1.807) is 4.90 Å². The predicted octanol–water partition coefficient (Wildman–Crippen LogP) is 1.60. The Bertz CT molecular complexity index is 1000. The Morgan fingerprint density at radius 3 is 2.48 bits per heavy atom. The molecule has 5 rings (SSSR count). The number of fused-ring (bicyclic) bond motifs is 4. The molecule has 0 saturated carbocycles. The van der Waals surface area contributed by atoms with Crippen LogP contribution in [0.15, 0.2) is 18.2 Å². The number of morpholine rings is 1. The summed E-state index contributed by atoms with van der Waals surface area (Å²) in [6.07, 6.45) is 2.72. The van der Waals surface area contributed by atoms with Crippen molar-refractivity contribution in [3.05, 3.63) is 23.8 Å². The van der Waals surface area contributed by atoms with Crippen molar-refractivity contribution in [3.8, 4) is 0 Å². The van der Waals surface area contributed by atoms with E-state index < -0.39 is 35.4 Å². The topological polar surface area (TPSA) is 120 Å². The number of imide groups is 2. The molecule has 3 N–H and O–H groups in total. The zero-order valence-corrected chi connectivity index (χ0v) is 18.8. The number of nitrogens with zero attached hydrogens (tertiary/aromatic N) is 2. The van der Waals surface area contributed by atoms with Gasteiger partial charge in [-0.25, -0.2) is 9.59 Å². The molecule has 0 radical (unpaired) electrons. The molecule has 1 aromatic rings. The number of urea groups is 2. The number of benzene rings is 1. The lowest BCUT2D eigenvalue weighted by Crippen LogP contribution is -2.75. The van der Waals surface area contributed by atoms with Gasteiger partial charge in [0, 0.05) is 31.0 Å². The minimum Gasteiger partial charge on any atom is -0.372 e. The highest BCUT2D eigenvalue weighted by molar-refractivity contribution is 6.20. The van der Waals surface area contributed by atoms with Crippen LogP contribution < -0.4 is 20.9 Å². The maximum atomic E-state index is 13.2. The molecule has 0 bridgehead atoms. The third-order valence-corrected chi connectivity index (χ3v) is 7.20. The molecule has 1 aromatic carbocycles. The van der Waals surface area contributed by atoms with Crippen molar-refractivity contribution in [2.45, 2.75) is 57.8 Å². The van der Waals surface area contributed by atoms with Gasteiger partial charge in [-0.3, -0.25) is 20.2 Å². The van der Waals surface area contributed by atoms with Gasteiger partial charge in [-0.2, -0.15) is 0 Å². The van der Waals surface area contributed by atoms with Gasteiger partial charge in [0.2, 0.25) is 11.8 Å². The van der Waals surface area contributed by atoms with Crippen LogP contribution in [0, 0.1) is 5.41 Å². The highest BCUT2D eigenvalue weighted by Gasteiger charge is 2.62. The lowest BCUT2D eigenvalue weighted by Gasteiger charge is -2.55. The van der Waals surface area contributed by atoms with E-state index in [4.69, 9.17) is 4.74 Å². The monoisotopic (exact) mass is 455 g/mol. The molecule has 4 heterocycles. The fourth-order valence-corrected chi connectivity index (χ4v) is 5.83. The fraction of sp³-hybridized carbons (Fsp3) is 0.565. The van der Waals surface area contributed by atoms with Gasteiger partial charge in [0.25, 0.3) is 0 Å². The number of likely N-dealkylation sites (tertiary alicyclic amines) is 1. The van der Waals surface area contributed by atoms with Gasteiger partial charge in [0.05, 0.1) is 18.2 Å². The maximum absolute atomic E-state index is 13.2. The van der Waals surface area contributed by atoms with Crippen LogP contribution in [-0.4, -0.2) is 66.7 Å². The number of anilines is 2. The van der Waals surface area contributed by atoms with E-state index in [2.05, 4.69) is 16.0 Å². The number of nitrogens with one attached hydrogen (secondary N) is 3. The second-order valence-corrected chi connectivity index (χ2v) is 9.46. The summed E-state index contributed by atoms with van der Waals surface area (Å²) in [6.45, 7) is 5.77. The Balaban J connectivity index is 1.52. The average Bonchev–Trinajstić information content (AvgIpc) is 2.77. The molecule has 0 unspecified atom stereocenters. The summed E-state index contributed by atoms with van der Waals surface area (Å²) >= 11 is 0. The van der Waals surface area contributed by atoms with Crippen molar-refractivity contribution in [3.63, 3.8) is 0 Å². The third-order valence-electron chi connectivity index (χ3n) is 7.20. The van der Waals surface area contributed by atoms with Crippen molar-refractivity contribution in [1.82, 2.24) is 15.5 Å². The zero-order chi connectivity index (χ0) is 23.3. The second kappa shape index (κ2) is 8.02. The van der Waals surface area contributed by atoms with Gasteiger partial charge in [-0.15, -0.1) is 0 Å². The summed E-state index contributed by atoms with van der Waals surface area (Å²) in [5.74, 6) is -1.24. The summed E-state index contributed by atoms with van der Waals surface area (Å²) in [5, 5.41) is 7.54. The number of ether oxygens (including phenoxy) is 1. The van der Waals surface area contributed by atoms with E-state index in [0.717, 1.165) is 43.6 Å². The SMILES string of the molecule is C[C@@H]1CN2c3ccc(NC(=O)N4CCCCC4)cc3CC3(C(=O)NC(=O)NC3=O)[C@H]2[C@H](C)O1. The first kappa shape index (κ1) is 21.7. The van der Waals surface area contributed by atoms with E-state index in [9.17, 15) is 19.2 Å². The first-order valence-electron chi connectivity index (χ1n) is 11.6. The maximum Gasteiger partial charge on any atom is 0.328 e. The minimum absolute atomic E-state index is 0.101. The number of carbonyl (C=O) groups excluding carboxylic acids is 4. The van der Waals surface area contributed by atoms with Crippen molar-refractivity contribution in [2.75, 3.05) is 29.9 Å². The lowest BCUT2D eigenvalue weighted by molar-refractivity contribution is -0.153. The number of piperidine rings is 1. The number of hydrogen-bond donors (Lipinski definition) is 3. The molecule has 4 aliphatic heterocycles. The first-order chi connectivity index (χ1) is 15.8. The van der Waals surface area contributed by atoms with Crippen molar-refractivity contribution < 1.29 is 23.9 Å². The van der Waals surface area contributed by atoms with Crippen molar-refractivity contribution in [1.29, 1.82) is 0 Å². The van der Waals surface area contributed by atoms with Crippen LogP contribution in [0.1, 0.15) is 38.7 Å². The van der Waals surface area contributed by atoms with Crippen LogP contribution in [-0.2, 0) is 20.7 Å². The summed E-state index contributed by atoms with van der Waals surface area (Å²) in [4.78, 5) is 54.8. The van der Waals surface area contributed by atoms with Crippen molar-refractivity contribution >= 4 is 35.3 Å². The molecule has 10 nitrogen and oxygen atoms in total. The highest BCUT2D eigenvalue weighted by atomic mass is 16.5. The Labute approximate surface area is 192 Å². The Hall–Kier alpha value is -3.14. The fourth-order valence-electron chi connectivity index (χ4n) is 5.83. The molecule has 0 aliphatic carbocycles. The molecule has 176 valence electrons. The second-order valence-electron chi connectivity index (χ2n) is 9.46. The molecule has 3 atom stereocenters. The Morgan fingerprint density at radius 1 is 1.09 bits per heavy atom. The summed E-state index contributed by atoms with van der Waals surface area (Å²) < 4.78 is 6.02. The molecule has 6 amide bonds. The molecule has 10 heteroatoms. The van der Waals surface area contributed by atoms with Gasteiger partial charge in [-0.05, 0) is 63.3 Å². The van der Waals surface area contributed by atoms with Crippen LogP contribution in [0.5, 0.6) is 0 Å². The standard InChI is InChI=1S/C23H29N5O5/c1-13-12-28-17-7-6-16(24-22(32)27-8-4-3-5-9-27)10-15(17)11-23(18(28)14(2)33-13)19(29)25-21(31)26-20(23)30/h6-7,10,13-14,18H,3-5,8-9,11-12H2,1-2H3,(H,24,32)(H2,25,26,29,30,31)/t13-,14+,18-/m1/s1. The molecule has 33 heavy (non-hydrogen) atoms. The molecule has 1 spiro atoms. The van der Waals surface area contributed by atoms with E-state index in [-0.39, 0.29) is 18.6 Å². The smallest absolute Gasteiger partial charge is 0.328 e. The van der Waals surface area contributed by atoms with Gasteiger partial charge < -0.3 is 19.9 Å². The van der Waals surface area contributed by atoms with E-state index in [1.807, 2.05) is 36.9 Å². The lowest BCUT2D eigenvalue weighted by atomic mass is 9.66. The van der Waals surface area contributed by atoms with Gasteiger partial charge in [0.15, 0.2) is 5.41 Å². The Kier molecular flexibility index (Phi) is 5.27. The van der Waals surface area contributed by atoms with Gasteiger partial charge in [0.1, 0.15) is 0 Å². The molecule has 3 saturated heterocycles. The first-order valence-corrected chi connectivity index (χ1v) is 11.6. The number of carbonyl (C=O) groups is 4. The number of rotatable bonds is 1. The average molecular weight is 456 g/mol. The molecule has 4 aliphatic rings.